The first-order valence-electron chi connectivity index (χ1n) is 9.64. The van der Waals surface area contributed by atoms with Gasteiger partial charge >= 0.3 is 0 Å². The van der Waals surface area contributed by atoms with Crippen molar-refractivity contribution >= 4 is 33.2 Å². The van der Waals surface area contributed by atoms with Crippen LogP contribution in [0.3, 0.4) is 0 Å². The fourth-order valence-corrected chi connectivity index (χ4v) is 4.12. The zero-order chi connectivity index (χ0) is 23.5. The predicted molar refractivity (Wildman–Crippen MR) is 121 cm³/mol. The number of sulfonamides is 1. The number of aryl methyl sites for hydroxylation is 2. The van der Waals surface area contributed by atoms with Crippen LogP contribution >= 0.6 is 0 Å². The Morgan fingerprint density at radius 2 is 1.59 bits per heavy atom. The van der Waals surface area contributed by atoms with E-state index in [2.05, 4.69) is 15.4 Å². The van der Waals surface area contributed by atoms with Crippen molar-refractivity contribution in [3.8, 4) is 0 Å². The molecule has 3 aromatic carbocycles. The van der Waals surface area contributed by atoms with Gasteiger partial charge in [-0.25, -0.2) is 12.8 Å². The molecule has 3 N–H and O–H groups in total. The van der Waals surface area contributed by atoms with Crippen molar-refractivity contribution in [2.45, 2.75) is 18.7 Å². The highest BCUT2D eigenvalue weighted by molar-refractivity contribution is 7.92. The Bertz CT molecular complexity index is 1310. The lowest BCUT2D eigenvalue weighted by Crippen LogP contribution is -2.20. The minimum atomic E-state index is -3.94. The van der Waals surface area contributed by atoms with E-state index < -0.39 is 27.7 Å². The van der Waals surface area contributed by atoms with Gasteiger partial charge in [0.15, 0.2) is 0 Å². The van der Waals surface area contributed by atoms with Gasteiger partial charge in [0.05, 0.1) is 10.5 Å². The fourth-order valence-electron chi connectivity index (χ4n) is 3.05. The van der Waals surface area contributed by atoms with E-state index in [1.54, 1.807) is 25.1 Å². The van der Waals surface area contributed by atoms with Gasteiger partial charge in [-0.3, -0.25) is 14.3 Å². The molecular weight excluding hydrogens is 433 g/mol. The molecule has 166 valence electrons. The van der Waals surface area contributed by atoms with Crippen LogP contribution in [-0.4, -0.2) is 27.3 Å². The molecule has 2 amide bonds. The second-order valence-electron chi connectivity index (χ2n) is 7.18. The Hall–Kier alpha value is -3.72. The zero-order valence-electron chi connectivity index (χ0n) is 17.7. The fraction of sp³-hybridized carbons (Fsp3) is 0.130. The third-order valence-electron chi connectivity index (χ3n) is 4.73. The molecule has 0 radical (unpaired) electrons. The van der Waals surface area contributed by atoms with Crippen LogP contribution in [0.2, 0.25) is 0 Å². The number of carbonyl (C=O) groups excluding carboxylic acids is 2. The van der Waals surface area contributed by atoms with Crippen LogP contribution in [0.1, 0.15) is 31.8 Å². The lowest BCUT2D eigenvalue weighted by molar-refractivity contribution is 0.0957. The standard InChI is InChI=1S/C23H22FN3O4S/c1-14-5-4-6-17(11-14)27-32(30,31)18-9-7-15(2)19(13-18)23(29)26-16-8-10-21(24)20(12-16)22(28)25-3/h4-13,27H,1-3H3,(H,25,28)(H,26,29). The maximum Gasteiger partial charge on any atom is 0.261 e. The van der Waals surface area contributed by atoms with E-state index in [0.717, 1.165) is 11.6 Å². The van der Waals surface area contributed by atoms with E-state index in [-0.39, 0.29) is 21.7 Å². The third-order valence-corrected chi connectivity index (χ3v) is 6.11. The molecule has 7 nitrogen and oxygen atoms in total. The molecule has 3 rings (SSSR count). The molecule has 0 fully saturated rings. The average Bonchev–Trinajstić information content (AvgIpc) is 2.74. The number of nitrogens with one attached hydrogen (secondary N) is 3. The summed E-state index contributed by atoms with van der Waals surface area (Å²) in [6.45, 7) is 3.51. The van der Waals surface area contributed by atoms with E-state index in [0.29, 0.717) is 11.3 Å². The van der Waals surface area contributed by atoms with Gasteiger partial charge in [-0.15, -0.1) is 0 Å². The molecule has 0 saturated carbocycles. The average molecular weight is 456 g/mol. The van der Waals surface area contributed by atoms with Crippen molar-refractivity contribution in [1.82, 2.24) is 5.32 Å². The Balaban J connectivity index is 1.88. The number of hydrogen-bond acceptors (Lipinski definition) is 4. The highest BCUT2D eigenvalue weighted by Gasteiger charge is 2.19. The number of amides is 2. The van der Waals surface area contributed by atoms with Gasteiger partial charge in [-0.2, -0.15) is 0 Å². The quantitative estimate of drug-likeness (QED) is 0.525. The summed E-state index contributed by atoms with van der Waals surface area (Å²) in [5.41, 5.74) is 1.95. The van der Waals surface area contributed by atoms with Crippen LogP contribution in [0.15, 0.2) is 65.6 Å². The summed E-state index contributed by atoms with van der Waals surface area (Å²) in [7, 11) is -2.57. The van der Waals surface area contributed by atoms with Gasteiger partial charge in [0.1, 0.15) is 5.82 Å². The topological polar surface area (TPSA) is 104 Å². The van der Waals surface area contributed by atoms with Gasteiger partial charge < -0.3 is 10.6 Å². The predicted octanol–water partition coefficient (Wildman–Crippen LogP) is 3.86. The maximum absolute atomic E-state index is 13.9. The van der Waals surface area contributed by atoms with Crippen LogP contribution in [0.4, 0.5) is 15.8 Å². The van der Waals surface area contributed by atoms with E-state index in [1.165, 1.54) is 37.4 Å². The molecule has 0 aliphatic heterocycles. The molecular formula is C23H22FN3O4S. The molecule has 0 unspecified atom stereocenters. The van der Waals surface area contributed by atoms with Gasteiger partial charge in [-0.1, -0.05) is 18.2 Å². The summed E-state index contributed by atoms with van der Waals surface area (Å²) >= 11 is 0. The van der Waals surface area contributed by atoms with E-state index in [1.807, 2.05) is 13.0 Å². The molecule has 0 heterocycles. The van der Waals surface area contributed by atoms with Crippen LogP contribution < -0.4 is 15.4 Å². The molecule has 32 heavy (non-hydrogen) atoms. The summed E-state index contributed by atoms with van der Waals surface area (Å²) in [6, 6.07) is 14.7. The normalized spacial score (nSPS) is 11.0. The number of carbonyl (C=O) groups is 2. The molecule has 9 heteroatoms. The van der Waals surface area contributed by atoms with Crippen molar-refractivity contribution in [1.29, 1.82) is 0 Å². The minimum absolute atomic E-state index is 0.0834. The van der Waals surface area contributed by atoms with Gasteiger partial charge in [0.25, 0.3) is 21.8 Å². The van der Waals surface area contributed by atoms with Crippen molar-refractivity contribution in [3.63, 3.8) is 0 Å². The first-order chi connectivity index (χ1) is 15.1. The number of anilines is 2. The molecule has 3 aromatic rings. The Morgan fingerprint density at radius 1 is 0.844 bits per heavy atom. The molecule has 0 saturated heterocycles. The minimum Gasteiger partial charge on any atom is -0.355 e. The first-order valence-corrected chi connectivity index (χ1v) is 11.1. The maximum atomic E-state index is 13.9. The second kappa shape index (κ2) is 9.19. The summed E-state index contributed by atoms with van der Waals surface area (Å²) in [6.07, 6.45) is 0. The van der Waals surface area contributed by atoms with Gasteiger partial charge in [-0.05, 0) is 67.4 Å². The van der Waals surface area contributed by atoms with E-state index >= 15 is 0 Å². The smallest absolute Gasteiger partial charge is 0.261 e. The summed E-state index contributed by atoms with van der Waals surface area (Å²) in [4.78, 5) is 24.5. The number of halogens is 1. The summed E-state index contributed by atoms with van der Waals surface area (Å²) in [5, 5.41) is 4.91. The van der Waals surface area contributed by atoms with Crippen molar-refractivity contribution in [3.05, 3.63) is 88.7 Å². The molecule has 0 aliphatic carbocycles. The Labute approximate surface area is 185 Å². The van der Waals surface area contributed by atoms with Crippen molar-refractivity contribution < 1.29 is 22.4 Å². The van der Waals surface area contributed by atoms with Gasteiger partial charge in [0.2, 0.25) is 0 Å². The van der Waals surface area contributed by atoms with Crippen LogP contribution in [-0.2, 0) is 10.0 Å². The van der Waals surface area contributed by atoms with E-state index in [9.17, 15) is 22.4 Å². The van der Waals surface area contributed by atoms with Crippen LogP contribution in [0.5, 0.6) is 0 Å². The zero-order valence-corrected chi connectivity index (χ0v) is 18.5. The Kier molecular flexibility index (Phi) is 6.59. The number of hydrogen-bond donors (Lipinski definition) is 3. The lowest BCUT2D eigenvalue weighted by Gasteiger charge is -2.13. The SMILES string of the molecule is CNC(=O)c1cc(NC(=O)c2cc(S(=O)(=O)Nc3cccc(C)c3)ccc2C)ccc1F. The van der Waals surface area contributed by atoms with Crippen LogP contribution in [0, 0.1) is 19.7 Å². The largest absolute Gasteiger partial charge is 0.355 e. The molecule has 0 aliphatic rings. The van der Waals surface area contributed by atoms with Crippen molar-refractivity contribution in [2.75, 3.05) is 17.1 Å². The summed E-state index contributed by atoms with van der Waals surface area (Å²) in [5.74, 6) is -1.96. The molecule has 0 spiro atoms. The molecule has 0 bridgehead atoms. The van der Waals surface area contributed by atoms with Gasteiger partial charge in [0, 0.05) is 24.0 Å². The number of benzene rings is 3. The highest BCUT2D eigenvalue weighted by Crippen LogP contribution is 2.22. The highest BCUT2D eigenvalue weighted by atomic mass is 32.2. The second-order valence-corrected chi connectivity index (χ2v) is 8.86. The molecule has 0 atom stereocenters. The lowest BCUT2D eigenvalue weighted by atomic mass is 10.1. The Morgan fingerprint density at radius 3 is 2.28 bits per heavy atom. The third kappa shape index (κ3) is 5.12. The molecule has 0 aromatic heterocycles. The van der Waals surface area contributed by atoms with Crippen LogP contribution in [0.25, 0.3) is 0 Å². The van der Waals surface area contributed by atoms with Crippen molar-refractivity contribution in [2.24, 2.45) is 0 Å². The van der Waals surface area contributed by atoms with E-state index in [4.69, 9.17) is 0 Å². The number of rotatable bonds is 6. The summed E-state index contributed by atoms with van der Waals surface area (Å²) < 4.78 is 42.0. The monoisotopic (exact) mass is 455 g/mol. The first kappa shape index (κ1) is 23.0.